The minimum atomic E-state index is 0.295. The third-order valence-electron chi connectivity index (χ3n) is 4.07. The smallest absolute Gasteiger partial charge is 0.0675 e. The Labute approximate surface area is 96.5 Å². The van der Waals surface area contributed by atoms with E-state index in [2.05, 4.69) is 41.3 Å². The molecule has 16 heavy (non-hydrogen) atoms. The quantitative estimate of drug-likeness (QED) is 0.752. The number of benzene rings is 1. The van der Waals surface area contributed by atoms with E-state index in [0.29, 0.717) is 17.9 Å². The van der Waals surface area contributed by atoms with E-state index in [4.69, 9.17) is 5.26 Å². The Morgan fingerprint density at radius 3 is 2.75 bits per heavy atom. The predicted molar refractivity (Wildman–Crippen MR) is 62.5 cm³/mol. The van der Waals surface area contributed by atoms with E-state index < -0.39 is 0 Å². The van der Waals surface area contributed by atoms with Gasteiger partial charge < -0.3 is 0 Å². The van der Waals surface area contributed by atoms with Gasteiger partial charge in [0.15, 0.2) is 0 Å². The van der Waals surface area contributed by atoms with Crippen LogP contribution in [0.2, 0.25) is 0 Å². The second-order valence-corrected chi connectivity index (χ2v) is 4.97. The first kappa shape index (κ1) is 9.86. The Hall–Kier alpha value is -1.33. The second-order valence-electron chi connectivity index (χ2n) is 4.97. The maximum Gasteiger partial charge on any atom is 0.0675 e. The summed E-state index contributed by atoms with van der Waals surface area (Å²) in [6.45, 7) is 2.14. The average molecular weight is 212 g/mol. The molecule has 0 aromatic heterocycles. The molecule has 2 aliphatic rings. The Bertz CT molecular complexity index is 406. The van der Waals surface area contributed by atoms with Gasteiger partial charge in [0.1, 0.15) is 0 Å². The monoisotopic (exact) mass is 212 g/mol. The van der Waals surface area contributed by atoms with Gasteiger partial charge >= 0.3 is 0 Å². The molecule has 1 saturated heterocycles. The lowest BCUT2D eigenvalue weighted by Crippen LogP contribution is -2.32. The van der Waals surface area contributed by atoms with Crippen LogP contribution < -0.4 is 0 Å². The number of rotatable bonds is 2. The first-order chi connectivity index (χ1) is 7.88. The number of likely N-dealkylation sites (tertiary alicyclic amines) is 1. The average Bonchev–Trinajstić information content (AvgIpc) is 2.86. The summed E-state index contributed by atoms with van der Waals surface area (Å²) in [6.07, 6.45) is 2.48. The van der Waals surface area contributed by atoms with E-state index in [9.17, 15) is 0 Å². The van der Waals surface area contributed by atoms with Crippen molar-refractivity contribution in [3.63, 3.8) is 0 Å². The van der Waals surface area contributed by atoms with E-state index >= 15 is 0 Å². The molecule has 82 valence electrons. The van der Waals surface area contributed by atoms with Crippen LogP contribution in [-0.2, 0) is 6.54 Å². The maximum absolute atomic E-state index is 9.15. The number of nitriles is 1. The molecule has 0 amide bonds. The molecule has 0 N–H and O–H groups in total. The first-order valence-electron chi connectivity index (χ1n) is 6.06. The zero-order valence-corrected chi connectivity index (χ0v) is 9.34. The summed E-state index contributed by atoms with van der Waals surface area (Å²) in [5.74, 6) is 0.933. The lowest BCUT2D eigenvalue weighted by Gasteiger charge is -2.26. The molecule has 3 atom stereocenters. The summed E-state index contributed by atoms with van der Waals surface area (Å²) in [5.41, 5.74) is 1.37. The number of hydrogen-bond donors (Lipinski definition) is 0. The molecule has 2 fully saturated rings. The van der Waals surface area contributed by atoms with E-state index in [1.165, 1.54) is 18.4 Å². The first-order valence-corrected chi connectivity index (χ1v) is 6.06. The van der Waals surface area contributed by atoms with Crippen molar-refractivity contribution in [1.82, 2.24) is 4.90 Å². The minimum Gasteiger partial charge on any atom is -0.294 e. The molecule has 0 radical (unpaired) electrons. The van der Waals surface area contributed by atoms with E-state index in [-0.39, 0.29) is 0 Å². The van der Waals surface area contributed by atoms with Crippen LogP contribution in [0.25, 0.3) is 0 Å². The molecule has 2 bridgehead atoms. The van der Waals surface area contributed by atoms with Crippen LogP contribution in [0, 0.1) is 23.2 Å². The molecular weight excluding hydrogens is 196 g/mol. The van der Waals surface area contributed by atoms with Crippen LogP contribution in [0.4, 0.5) is 0 Å². The molecule has 1 aliphatic heterocycles. The lowest BCUT2D eigenvalue weighted by molar-refractivity contribution is 0.202. The zero-order valence-electron chi connectivity index (χ0n) is 9.34. The summed E-state index contributed by atoms with van der Waals surface area (Å²) < 4.78 is 0. The van der Waals surface area contributed by atoms with Crippen molar-refractivity contribution >= 4 is 0 Å². The molecule has 1 heterocycles. The lowest BCUT2D eigenvalue weighted by atomic mass is 10.0. The van der Waals surface area contributed by atoms with Gasteiger partial charge in [-0.3, -0.25) is 4.90 Å². The molecule has 3 rings (SSSR count). The van der Waals surface area contributed by atoms with Crippen molar-refractivity contribution < 1.29 is 0 Å². The van der Waals surface area contributed by atoms with E-state index in [1.54, 1.807) is 0 Å². The zero-order chi connectivity index (χ0) is 11.0. The highest BCUT2D eigenvalue weighted by Crippen LogP contribution is 2.42. The molecule has 2 heteroatoms. The van der Waals surface area contributed by atoms with Crippen LogP contribution >= 0.6 is 0 Å². The van der Waals surface area contributed by atoms with Gasteiger partial charge in [-0.25, -0.2) is 0 Å². The van der Waals surface area contributed by atoms with E-state index in [0.717, 1.165) is 13.1 Å². The molecular formula is C14H16N2. The van der Waals surface area contributed by atoms with Crippen molar-refractivity contribution in [3.8, 4) is 6.07 Å². The van der Waals surface area contributed by atoms with Crippen molar-refractivity contribution in [3.05, 3.63) is 35.9 Å². The van der Waals surface area contributed by atoms with Gasteiger partial charge in [-0.2, -0.15) is 5.26 Å². The fourth-order valence-corrected chi connectivity index (χ4v) is 3.30. The van der Waals surface area contributed by atoms with Crippen molar-refractivity contribution in [2.24, 2.45) is 11.8 Å². The minimum absolute atomic E-state index is 0.295. The molecule has 0 spiro atoms. The maximum atomic E-state index is 9.15. The highest BCUT2D eigenvalue weighted by atomic mass is 15.2. The Morgan fingerprint density at radius 1 is 1.25 bits per heavy atom. The van der Waals surface area contributed by atoms with Crippen LogP contribution in [0.5, 0.6) is 0 Å². The Kier molecular flexibility index (Phi) is 2.41. The normalized spacial score (nSPS) is 32.8. The fourth-order valence-electron chi connectivity index (χ4n) is 3.30. The van der Waals surface area contributed by atoms with Gasteiger partial charge in [0.05, 0.1) is 12.0 Å². The summed E-state index contributed by atoms with van der Waals surface area (Å²) >= 11 is 0. The highest BCUT2D eigenvalue weighted by Gasteiger charge is 2.46. The summed E-state index contributed by atoms with van der Waals surface area (Å²) in [6, 6.07) is 13.6. The Morgan fingerprint density at radius 2 is 2.06 bits per heavy atom. The largest absolute Gasteiger partial charge is 0.294 e. The van der Waals surface area contributed by atoms with Gasteiger partial charge in [-0.15, -0.1) is 0 Å². The molecule has 1 aromatic carbocycles. The number of nitrogens with zero attached hydrogens (tertiary/aromatic N) is 2. The number of fused-ring (bicyclic) bond motifs is 2. The van der Waals surface area contributed by atoms with Crippen LogP contribution in [-0.4, -0.2) is 17.5 Å². The summed E-state index contributed by atoms with van der Waals surface area (Å²) in [7, 11) is 0. The van der Waals surface area contributed by atoms with Gasteiger partial charge in [0.25, 0.3) is 0 Å². The second kappa shape index (κ2) is 3.92. The van der Waals surface area contributed by atoms with Crippen molar-refractivity contribution in [1.29, 1.82) is 5.26 Å². The van der Waals surface area contributed by atoms with Gasteiger partial charge in [-0.05, 0) is 24.3 Å². The SMILES string of the molecule is N#CC1[C@@H]2CC[C@H]1N(Cc1ccccc1)C2. The topological polar surface area (TPSA) is 27.0 Å². The molecule has 1 aromatic rings. The summed E-state index contributed by atoms with van der Waals surface area (Å²) in [5, 5.41) is 9.15. The number of piperidine rings is 1. The fraction of sp³-hybridized carbons (Fsp3) is 0.500. The molecule has 2 nitrogen and oxygen atoms in total. The van der Waals surface area contributed by atoms with E-state index in [1.807, 2.05) is 0 Å². The Balaban J connectivity index is 1.73. The van der Waals surface area contributed by atoms with Crippen LogP contribution in [0.15, 0.2) is 30.3 Å². The van der Waals surface area contributed by atoms with Gasteiger partial charge in [-0.1, -0.05) is 30.3 Å². The van der Waals surface area contributed by atoms with Crippen molar-refractivity contribution in [2.75, 3.05) is 6.54 Å². The predicted octanol–water partition coefficient (Wildman–Crippen LogP) is 2.42. The van der Waals surface area contributed by atoms with Gasteiger partial charge in [0, 0.05) is 19.1 Å². The molecule has 1 unspecified atom stereocenters. The highest BCUT2D eigenvalue weighted by molar-refractivity contribution is 5.16. The standard InChI is InChI=1S/C14H16N2/c15-8-13-12-6-7-14(13)16(10-12)9-11-4-2-1-3-5-11/h1-5,12-14H,6-7,9-10H2/t12-,13?,14-/m1/s1. The third-order valence-corrected chi connectivity index (χ3v) is 4.07. The molecule has 1 saturated carbocycles. The number of hydrogen-bond acceptors (Lipinski definition) is 2. The summed E-state index contributed by atoms with van der Waals surface area (Å²) in [4.78, 5) is 2.50. The molecule has 1 aliphatic carbocycles. The third kappa shape index (κ3) is 1.52. The van der Waals surface area contributed by atoms with Crippen molar-refractivity contribution in [2.45, 2.75) is 25.4 Å². The van der Waals surface area contributed by atoms with Crippen LogP contribution in [0.1, 0.15) is 18.4 Å². The van der Waals surface area contributed by atoms with Crippen LogP contribution in [0.3, 0.4) is 0 Å². The van der Waals surface area contributed by atoms with Gasteiger partial charge in [0.2, 0.25) is 0 Å².